The molecule has 1 aromatic heterocycles. The number of nitrogens with one attached hydrogen (secondary N) is 1. The van der Waals surface area contributed by atoms with E-state index in [2.05, 4.69) is 20.0 Å². The number of methoxy groups -OCH3 is 2. The van der Waals surface area contributed by atoms with Gasteiger partial charge in [0.05, 0.1) is 20.8 Å². The summed E-state index contributed by atoms with van der Waals surface area (Å²) < 4.78 is 57.6. The maximum Gasteiger partial charge on any atom is 0.471 e. The molecule has 0 unspecified atom stereocenters. The number of ether oxygens (including phenoxy) is 3. The minimum absolute atomic E-state index is 0.173. The molecule has 31 heavy (non-hydrogen) atoms. The summed E-state index contributed by atoms with van der Waals surface area (Å²) in [7, 11) is 2.98. The number of hydrogen-bond donors (Lipinski definition) is 1. The first-order valence-electron chi connectivity index (χ1n) is 8.95. The summed E-state index contributed by atoms with van der Waals surface area (Å²) in [6.07, 6.45) is -4.70. The summed E-state index contributed by atoms with van der Waals surface area (Å²) in [6, 6.07) is 10.9. The van der Waals surface area contributed by atoms with E-state index < -0.39 is 12.1 Å². The van der Waals surface area contributed by atoms with E-state index in [1.807, 2.05) is 0 Å². The number of rotatable bonds is 8. The summed E-state index contributed by atoms with van der Waals surface area (Å²) in [5.74, 6) is -0.476. The van der Waals surface area contributed by atoms with Gasteiger partial charge in [-0.05, 0) is 36.4 Å². The number of amides is 1. The molecular formula is C20H18F3N3O5. The van der Waals surface area contributed by atoms with Crippen LogP contribution in [0.3, 0.4) is 0 Å². The van der Waals surface area contributed by atoms with Crippen molar-refractivity contribution in [2.45, 2.75) is 6.18 Å². The highest BCUT2D eigenvalue weighted by Gasteiger charge is 2.38. The molecule has 0 fully saturated rings. The van der Waals surface area contributed by atoms with Gasteiger partial charge in [0.25, 0.3) is 5.91 Å². The standard InChI is InChI=1S/C20H18F3N3O5/c1-28-15-9-13(10-16(11-15)29-2)18(27)24-7-8-30-14-5-3-12(4-6-14)17-25-19(31-26-17)20(21,22)23/h3-6,9-11H,7-8H2,1-2H3,(H,24,27). The maximum atomic E-state index is 12.5. The summed E-state index contributed by atoms with van der Waals surface area (Å²) in [5, 5.41) is 6.03. The van der Waals surface area contributed by atoms with Gasteiger partial charge in [-0.2, -0.15) is 18.2 Å². The maximum absolute atomic E-state index is 12.5. The molecule has 164 valence electrons. The highest BCUT2D eigenvalue weighted by atomic mass is 19.4. The normalized spacial score (nSPS) is 11.1. The molecule has 1 amide bonds. The SMILES string of the molecule is COc1cc(OC)cc(C(=O)NCCOc2ccc(-c3noc(C(F)(F)F)n3)cc2)c1. The van der Waals surface area contributed by atoms with E-state index >= 15 is 0 Å². The highest BCUT2D eigenvalue weighted by Crippen LogP contribution is 2.29. The Bertz CT molecular complexity index is 1010. The smallest absolute Gasteiger partial charge is 0.471 e. The zero-order chi connectivity index (χ0) is 22.4. The van der Waals surface area contributed by atoms with Crippen LogP contribution < -0.4 is 19.5 Å². The molecule has 1 N–H and O–H groups in total. The van der Waals surface area contributed by atoms with E-state index in [1.54, 1.807) is 30.3 Å². The average Bonchev–Trinajstić information content (AvgIpc) is 3.27. The van der Waals surface area contributed by atoms with Crippen LogP contribution in [0.5, 0.6) is 17.2 Å². The molecule has 3 aromatic rings. The lowest BCUT2D eigenvalue weighted by atomic mass is 10.2. The van der Waals surface area contributed by atoms with Crippen molar-refractivity contribution in [2.24, 2.45) is 0 Å². The van der Waals surface area contributed by atoms with Crippen LogP contribution in [0.2, 0.25) is 0 Å². The Balaban J connectivity index is 1.51. The fourth-order valence-corrected chi connectivity index (χ4v) is 2.53. The average molecular weight is 437 g/mol. The summed E-state index contributed by atoms with van der Waals surface area (Å²) in [6.45, 7) is 0.395. The molecule has 0 atom stereocenters. The van der Waals surface area contributed by atoms with E-state index in [4.69, 9.17) is 14.2 Å². The Morgan fingerprint density at radius 1 is 1.03 bits per heavy atom. The van der Waals surface area contributed by atoms with Crippen LogP contribution in [0.25, 0.3) is 11.4 Å². The van der Waals surface area contributed by atoms with E-state index in [-0.39, 0.29) is 24.9 Å². The zero-order valence-corrected chi connectivity index (χ0v) is 16.5. The van der Waals surface area contributed by atoms with Crippen molar-refractivity contribution in [3.63, 3.8) is 0 Å². The fourth-order valence-electron chi connectivity index (χ4n) is 2.53. The number of aromatic nitrogens is 2. The Kier molecular flexibility index (Phi) is 6.63. The summed E-state index contributed by atoms with van der Waals surface area (Å²) in [5.41, 5.74) is 0.714. The van der Waals surface area contributed by atoms with Crippen LogP contribution in [0, 0.1) is 0 Å². The van der Waals surface area contributed by atoms with Crippen LogP contribution in [0.1, 0.15) is 16.2 Å². The lowest BCUT2D eigenvalue weighted by Gasteiger charge is -2.10. The van der Waals surface area contributed by atoms with Crippen molar-refractivity contribution in [3.05, 3.63) is 53.9 Å². The number of carbonyl (C=O) groups is 1. The van der Waals surface area contributed by atoms with Gasteiger partial charge in [0.1, 0.15) is 23.9 Å². The van der Waals surface area contributed by atoms with E-state index in [0.717, 1.165) is 0 Å². The Hall–Kier alpha value is -3.76. The number of benzene rings is 2. The molecule has 0 spiro atoms. The quantitative estimate of drug-likeness (QED) is 0.538. The minimum atomic E-state index is -4.70. The summed E-state index contributed by atoms with van der Waals surface area (Å²) >= 11 is 0. The first-order valence-corrected chi connectivity index (χ1v) is 8.95. The molecular weight excluding hydrogens is 419 g/mol. The van der Waals surface area contributed by atoms with Crippen molar-refractivity contribution in [3.8, 4) is 28.6 Å². The van der Waals surface area contributed by atoms with Crippen LogP contribution in [-0.4, -0.2) is 43.4 Å². The number of alkyl halides is 3. The molecule has 0 aliphatic heterocycles. The Morgan fingerprint density at radius 2 is 1.68 bits per heavy atom. The van der Waals surface area contributed by atoms with Crippen molar-refractivity contribution in [1.82, 2.24) is 15.5 Å². The van der Waals surface area contributed by atoms with Crippen LogP contribution in [0.4, 0.5) is 13.2 Å². The first kappa shape index (κ1) is 21.9. The third-order valence-electron chi connectivity index (χ3n) is 4.05. The zero-order valence-electron chi connectivity index (χ0n) is 16.5. The number of hydrogen-bond acceptors (Lipinski definition) is 7. The largest absolute Gasteiger partial charge is 0.497 e. The lowest BCUT2D eigenvalue weighted by Crippen LogP contribution is -2.28. The van der Waals surface area contributed by atoms with Crippen molar-refractivity contribution >= 4 is 5.91 Å². The molecule has 0 aliphatic rings. The van der Waals surface area contributed by atoms with Gasteiger partial charge in [-0.1, -0.05) is 5.16 Å². The first-order chi connectivity index (χ1) is 14.8. The third-order valence-corrected chi connectivity index (χ3v) is 4.05. The van der Waals surface area contributed by atoms with Crippen LogP contribution in [-0.2, 0) is 6.18 Å². The number of carbonyl (C=O) groups excluding carboxylic acids is 1. The fraction of sp³-hybridized carbons (Fsp3) is 0.250. The van der Waals surface area contributed by atoms with E-state index in [1.165, 1.54) is 26.4 Å². The molecule has 11 heteroatoms. The molecule has 0 radical (unpaired) electrons. The van der Waals surface area contributed by atoms with E-state index in [0.29, 0.717) is 28.4 Å². The molecule has 3 rings (SSSR count). The lowest BCUT2D eigenvalue weighted by molar-refractivity contribution is -0.159. The van der Waals surface area contributed by atoms with Crippen molar-refractivity contribution in [2.75, 3.05) is 27.4 Å². The second-order valence-corrected chi connectivity index (χ2v) is 6.15. The van der Waals surface area contributed by atoms with Crippen molar-refractivity contribution in [1.29, 1.82) is 0 Å². The minimum Gasteiger partial charge on any atom is -0.497 e. The predicted molar refractivity (Wildman–Crippen MR) is 102 cm³/mol. The molecule has 0 aliphatic carbocycles. The summed E-state index contributed by atoms with van der Waals surface area (Å²) in [4.78, 5) is 15.6. The topological polar surface area (TPSA) is 95.7 Å². The van der Waals surface area contributed by atoms with Crippen LogP contribution >= 0.6 is 0 Å². The number of nitrogens with zero attached hydrogens (tertiary/aromatic N) is 2. The molecule has 8 nitrogen and oxygen atoms in total. The molecule has 0 saturated heterocycles. The second-order valence-electron chi connectivity index (χ2n) is 6.15. The Labute approximate surface area is 174 Å². The van der Waals surface area contributed by atoms with Gasteiger partial charge in [-0.3, -0.25) is 4.79 Å². The second kappa shape index (κ2) is 9.37. The molecule has 0 saturated carbocycles. The predicted octanol–water partition coefficient (Wildman–Crippen LogP) is 3.58. The molecule has 0 bridgehead atoms. The van der Waals surface area contributed by atoms with Gasteiger partial charge in [0.15, 0.2) is 0 Å². The number of halogens is 3. The Morgan fingerprint density at radius 3 is 2.23 bits per heavy atom. The van der Waals surface area contributed by atoms with Gasteiger partial charge in [0, 0.05) is 17.2 Å². The van der Waals surface area contributed by atoms with Crippen molar-refractivity contribution < 1.29 is 36.7 Å². The van der Waals surface area contributed by atoms with Crippen LogP contribution in [0.15, 0.2) is 47.0 Å². The molecule has 2 aromatic carbocycles. The molecule has 1 heterocycles. The van der Waals surface area contributed by atoms with Gasteiger partial charge in [-0.25, -0.2) is 0 Å². The van der Waals surface area contributed by atoms with Gasteiger partial charge in [0.2, 0.25) is 5.82 Å². The highest BCUT2D eigenvalue weighted by molar-refractivity contribution is 5.95. The van der Waals surface area contributed by atoms with Gasteiger partial charge >= 0.3 is 12.1 Å². The third kappa shape index (κ3) is 5.65. The van der Waals surface area contributed by atoms with E-state index in [9.17, 15) is 18.0 Å². The van der Waals surface area contributed by atoms with Gasteiger partial charge < -0.3 is 24.1 Å². The monoisotopic (exact) mass is 437 g/mol. The van der Waals surface area contributed by atoms with Gasteiger partial charge in [-0.15, -0.1) is 0 Å².